The Bertz CT molecular complexity index is 934. The Morgan fingerprint density at radius 1 is 1.19 bits per heavy atom. The van der Waals surface area contributed by atoms with Crippen LogP contribution in [0.2, 0.25) is 0 Å². The monoisotopic (exact) mass is 355 g/mol. The predicted molar refractivity (Wildman–Crippen MR) is 94.0 cm³/mol. The van der Waals surface area contributed by atoms with E-state index in [4.69, 9.17) is 9.47 Å². The maximum atomic E-state index is 11.3. The number of rotatable bonds is 7. The van der Waals surface area contributed by atoms with Crippen molar-refractivity contribution in [1.82, 2.24) is 9.38 Å². The number of aromatic nitrogens is 2. The van der Waals surface area contributed by atoms with Gasteiger partial charge in [-0.1, -0.05) is 0 Å². The highest BCUT2D eigenvalue weighted by atomic mass is 16.6. The molecule has 0 spiro atoms. The van der Waals surface area contributed by atoms with Crippen LogP contribution in [0, 0.1) is 10.1 Å². The molecule has 0 aliphatic heterocycles. The molecule has 0 saturated heterocycles. The van der Waals surface area contributed by atoms with E-state index < -0.39 is 4.92 Å². The molecule has 0 aliphatic rings. The van der Waals surface area contributed by atoms with Gasteiger partial charge >= 0.3 is 5.97 Å². The predicted octanol–water partition coefficient (Wildman–Crippen LogP) is 3.24. The average Bonchev–Trinajstić information content (AvgIpc) is 3.05. The van der Waals surface area contributed by atoms with E-state index in [9.17, 15) is 14.9 Å². The quantitative estimate of drug-likeness (QED) is 0.367. The van der Waals surface area contributed by atoms with Crippen LogP contribution in [0.1, 0.15) is 13.3 Å². The van der Waals surface area contributed by atoms with Crippen LogP contribution in [0.15, 0.2) is 48.8 Å². The molecule has 0 bridgehead atoms. The number of pyridine rings is 1. The zero-order valence-corrected chi connectivity index (χ0v) is 14.1. The van der Waals surface area contributed by atoms with E-state index in [1.807, 2.05) is 12.1 Å². The number of hydrogen-bond donors (Lipinski definition) is 0. The van der Waals surface area contributed by atoms with Crippen molar-refractivity contribution in [2.24, 2.45) is 0 Å². The third kappa shape index (κ3) is 3.97. The topological polar surface area (TPSA) is 96.0 Å². The van der Waals surface area contributed by atoms with Crippen LogP contribution in [0.4, 0.5) is 5.69 Å². The van der Waals surface area contributed by atoms with E-state index >= 15 is 0 Å². The van der Waals surface area contributed by atoms with Gasteiger partial charge in [-0.15, -0.1) is 0 Å². The summed E-state index contributed by atoms with van der Waals surface area (Å²) in [5.41, 5.74) is 2.19. The first-order chi connectivity index (χ1) is 12.6. The molecule has 0 amide bonds. The molecule has 3 aromatic rings. The van der Waals surface area contributed by atoms with Gasteiger partial charge in [0.15, 0.2) is 0 Å². The highest BCUT2D eigenvalue weighted by molar-refractivity contribution is 5.69. The maximum absolute atomic E-state index is 11.3. The molecule has 0 N–H and O–H groups in total. The third-order valence-electron chi connectivity index (χ3n) is 3.68. The van der Waals surface area contributed by atoms with Crippen molar-refractivity contribution in [2.75, 3.05) is 13.2 Å². The van der Waals surface area contributed by atoms with Crippen molar-refractivity contribution in [3.8, 4) is 17.0 Å². The Balaban J connectivity index is 1.69. The van der Waals surface area contributed by atoms with Crippen LogP contribution in [0.5, 0.6) is 5.75 Å². The summed E-state index contributed by atoms with van der Waals surface area (Å²) >= 11 is 0. The SMILES string of the molecule is CCOC(=O)CCOc1ccc(-c2cn3cc([N+](=O)[O-])ccc3n2)cc1. The second kappa shape index (κ2) is 7.64. The van der Waals surface area contributed by atoms with Crippen LogP contribution in [0.3, 0.4) is 0 Å². The fourth-order valence-electron chi connectivity index (χ4n) is 2.43. The molecular weight excluding hydrogens is 338 g/mol. The Labute approximate surface area is 149 Å². The molecule has 0 aliphatic carbocycles. The normalized spacial score (nSPS) is 10.7. The number of esters is 1. The van der Waals surface area contributed by atoms with E-state index in [-0.39, 0.29) is 24.7 Å². The molecule has 1 aromatic carbocycles. The Kier molecular flexibility index (Phi) is 5.12. The molecule has 0 unspecified atom stereocenters. The zero-order chi connectivity index (χ0) is 18.5. The van der Waals surface area contributed by atoms with Gasteiger partial charge in [-0.25, -0.2) is 4.98 Å². The smallest absolute Gasteiger partial charge is 0.309 e. The van der Waals surface area contributed by atoms with E-state index in [2.05, 4.69) is 4.98 Å². The lowest BCUT2D eigenvalue weighted by Gasteiger charge is -2.06. The van der Waals surface area contributed by atoms with Crippen molar-refractivity contribution in [2.45, 2.75) is 13.3 Å². The molecule has 3 rings (SSSR count). The summed E-state index contributed by atoms with van der Waals surface area (Å²) in [4.78, 5) is 26.1. The second-order valence-corrected chi connectivity index (χ2v) is 5.46. The fraction of sp³-hybridized carbons (Fsp3) is 0.222. The summed E-state index contributed by atoms with van der Waals surface area (Å²) in [6, 6.07) is 10.3. The van der Waals surface area contributed by atoms with Crippen LogP contribution in [0.25, 0.3) is 16.9 Å². The van der Waals surface area contributed by atoms with Crippen molar-refractivity contribution in [1.29, 1.82) is 0 Å². The highest BCUT2D eigenvalue weighted by Crippen LogP contribution is 2.23. The van der Waals surface area contributed by atoms with Gasteiger partial charge in [0.1, 0.15) is 11.4 Å². The summed E-state index contributed by atoms with van der Waals surface area (Å²) in [5, 5.41) is 10.9. The Hall–Kier alpha value is -3.42. The highest BCUT2D eigenvalue weighted by Gasteiger charge is 2.10. The maximum Gasteiger partial charge on any atom is 0.309 e. The second-order valence-electron chi connectivity index (χ2n) is 5.46. The number of benzene rings is 1. The van der Waals surface area contributed by atoms with Crippen LogP contribution in [-0.4, -0.2) is 33.5 Å². The summed E-state index contributed by atoms with van der Waals surface area (Å²) in [7, 11) is 0. The first-order valence-corrected chi connectivity index (χ1v) is 8.09. The molecule has 0 fully saturated rings. The van der Waals surface area contributed by atoms with Crippen molar-refractivity contribution < 1.29 is 19.2 Å². The lowest BCUT2D eigenvalue weighted by molar-refractivity contribution is -0.385. The minimum absolute atomic E-state index is 0.00629. The number of ether oxygens (including phenoxy) is 2. The number of nitro groups is 1. The molecule has 0 radical (unpaired) electrons. The largest absolute Gasteiger partial charge is 0.493 e. The van der Waals surface area contributed by atoms with Gasteiger partial charge in [-0.05, 0) is 37.3 Å². The van der Waals surface area contributed by atoms with Gasteiger partial charge in [-0.3, -0.25) is 19.3 Å². The Morgan fingerprint density at radius 2 is 1.96 bits per heavy atom. The number of carbonyl (C=O) groups excluding carboxylic acids is 1. The molecule has 134 valence electrons. The molecular formula is C18H17N3O5. The van der Waals surface area contributed by atoms with E-state index in [1.165, 1.54) is 12.3 Å². The summed E-state index contributed by atoms with van der Waals surface area (Å²) in [6.07, 6.45) is 3.36. The lowest BCUT2D eigenvalue weighted by atomic mass is 10.2. The van der Waals surface area contributed by atoms with Crippen molar-refractivity contribution in [3.05, 3.63) is 58.9 Å². The minimum Gasteiger partial charge on any atom is -0.493 e. The van der Waals surface area contributed by atoms with Gasteiger partial charge in [0, 0.05) is 17.8 Å². The molecule has 2 heterocycles. The van der Waals surface area contributed by atoms with E-state index in [0.717, 1.165) is 5.56 Å². The van der Waals surface area contributed by atoms with E-state index in [0.29, 0.717) is 23.7 Å². The molecule has 2 aromatic heterocycles. The van der Waals surface area contributed by atoms with Gasteiger partial charge in [0.05, 0.1) is 36.4 Å². The summed E-state index contributed by atoms with van der Waals surface area (Å²) in [6.45, 7) is 2.36. The Morgan fingerprint density at radius 3 is 2.65 bits per heavy atom. The van der Waals surface area contributed by atoms with Crippen molar-refractivity contribution >= 4 is 17.3 Å². The molecule has 8 heteroatoms. The zero-order valence-electron chi connectivity index (χ0n) is 14.1. The first kappa shape index (κ1) is 17.4. The van der Waals surface area contributed by atoms with Crippen LogP contribution >= 0.6 is 0 Å². The fourth-order valence-corrected chi connectivity index (χ4v) is 2.43. The number of nitrogens with zero attached hydrogens (tertiary/aromatic N) is 3. The molecule has 0 atom stereocenters. The lowest BCUT2D eigenvalue weighted by Crippen LogP contribution is -2.09. The van der Waals surface area contributed by atoms with Crippen LogP contribution in [-0.2, 0) is 9.53 Å². The van der Waals surface area contributed by atoms with Gasteiger partial charge < -0.3 is 9.47 Å². The standard InChI is InChI=1S/C18H17N3O5/c1-2-25-18(22)9-10-26-15-6-3-13(4-7-15)16-12-20-11-14(21(23)24)5-8-17(20)19-16/h3-8,11-12H,2,9-10H2,1H3. The molecule has 0 saturated carbocycles. The minimum atomic E-state index is -0.443. The molecule has 8 nitrogen and oxygen atoms in total. The third-order valence-corrected chi connectivity index (χ3v) is 3.68. The average molecular weight is 355 g/mol. The number of fused-ring (bicyclic) bond motifs is 1. The summed E-state index contributed by atoms with van der Waals surface area (Å²) in [5.74, 6) is 0.348. The number of imidazole rings is 1. The molecule has 26 heavy (non-hydrogen) atoms. The van der Waals surface area contributed by atoms with Gasteiger partial charge in [-0.2, -0.15) is 0 Å². The van der Waals surface area contributed by atoms with Gasteiger partial charge in [0.25, 0.3) is 5.69 Å². The first-order valence-electron chi connectivity index (χ1n) is 8.09. The van der Waals surface area contributed by atoms with Crippen molar-refractivity contribution in [3.63, 3.8) is 0 Å². The van der Waals surface area contributed by atoms with Gasteiger partial charge in [0.2, 0.25) is 0 Å². The number of carbonyl (C=O) groups is 1. The number of hydrogen-bond acceptors (Lipinski definition) is 6. The summed E-state index contributed by atoms with van der Waals surface area (Å²) < 4.78 is 12.0. The van der Waals surface area contributed by atoms with Crippen LogP contribution < -0.4 is 4.74 Å². The van der Waals surface area contributed by atoms with E-state index in [1.54, 1.807) is 35.7 Å².